The van der Waals surface area contributed by atoms with Crippen LogP contribution in [0.25, 0.3) is 10.2 Å². The maximum atomic E-state index is 13.4. The third kappa shape index (κ3) is 3.97. The lowest BCUT2D eigenvalue weighted by atomic mass is 9.97. The molecule has 0 atom stereocenters. The van der Waals surface area contributed by atoms with Crippen molar-refractivity contribution in [3.63, 3.8) is 0 Å². The van der Waals surface area contributed by atoms with Crippen molar-refractivity contribution >= 4 is 43.1 Å². The number of rotatable bonds is 4. The van der Waals surface area contributed by atoms with Crippen LogP contribution < -0.4 is 5.32 Å². The minimum Gasteiger partial charge on any atom is -0.340 e. The summed E-state index contributed by atoms with van der Waals surface area (Å²) in [4.78, 5) is 11.8. The second kappa shape index (κ2) is 8.48. The van der Waals surface area contributed by atoms with Crippen molar-refractivity contribution in [2.75, 3.05) is 18.4 Å². The third-order valence-corrected chi connectivity index (χ3v) is 9.63. The van der Waals surface area contributed by atoms with Crippen LogP contribution in [0.4, 0.5) is 11.5 Å². The molecule has 3 heterocycles. The van der Waals surface area contributed by atoms with E-state index in [9.17, 15) is 8.42 Å². The first-order valence-electron chi connectivity index (χ1n) is 11.2. The Hall–Kier alpha value is -2.03. The normalized spacial score (nSPS) is 18.0. The fourth-order valence-corrected chi connectivity index (χ4v) is 7.70. The topological polar surface area (TPSA) is 75.2 Å². The van der Waals surface area contributed by atoms with Crippen molar-refractivity contribution in [1.82, 2.24) is 14.3 Å². The number of fused-ring (bicyclic) bond motifs is 3. The molecular weight excluding hydrogens is 428 g/mol. The average molecular weight is 457 g/mol. The summed E-state index contributed by atoms with van der Waals surface area (Å²) in [6.45, 7) is 3.08. The SMILES string of the molecule is Cc1ccc(Nc2ncnc3sc4c(c23)CCCC4)cc1S(=O)(=O)N1CCCCCC1. The molecule has 3 aromatic rings. The molecule has 1 aliphatic heterocycles. The van der Waals surface area contributed by atoms with E-state index in [2.05, 4.69) is 15.3 Å². The van der Waals surface area contributed by atoms with Gasteiger partial charge in [-0.3, -0.25) is 0 Å². The Bertz CT molecular complexity index is 1210. The second-order valence-corrected chi connectivity index (χ2v) is 11.5. The number of benzene rings is 1. The Labute approximate surface area is 187 Å². The van der Waals surface area contributed by atoms with Gasteiger partial charge in [-0.15, -0.1) is 11.3 Å². The highest BCUT2D eigenvalue weighted by Gasteiger charge is 2.27. The fourth-order valence-electron chi connectivity index (χ4n) is 4.70. The first kappa shape index (κ1) is 20.8. The lowest BCUT2D eigenvalue weighted by molar-refractivity contribution is 0.423. The number of hydrogen-bond donors (Lipinski definition) is 1. The Kier molecular flexibility index (Phi) is 5.71. The van der Waals surface area contributed by atoms with Crippen molar-refractivity contribution in [1.29, 1.82) is 0 Å². The number of sulfonamides is 1. The summed E-state index contributed by atoms with van der Waals surface area (Å²) in [6.07, 6.45) is 10.2. The zero-order valence-corrected chi connectivity index (χ0v) is 19.5. The Morgan fingerprint density at radius 3 is 2.58 bits per heavy atom. The van der Waals surface area contributed by atoms with E-state index >= 15 is 0 Å². The van der Waals surface area contributed by atoms with Crippen molar-refractivity contribution < 1.29 is 8.42 Å². The molecule has 1 aliphatic carbocycles. The summed E-state index contributed by atoms with van der Waals surface area (Å²) in [5.74, 6) is 0.770. The quantitative estimate of drug-likeness (QED) is 0.585. The van der Waals surface area contributed by atoms with E-state index in [0.29, 0.717) is 18.0 Å². The molecule has 0 amide bonds. The number of nitrogens with zero attached hydrogens (tertiary/aromatic N) is 3. The van der Waals surface area contributed by atoms with E-state index in [0.717, 1.165) is 65.8 Å². The van der Waals surface area contributed by atoms with Gasteiger partial charge in [0.1, 0.15) is 17.0 Å². The lowest BCUT2D eigenvalue weighted by Gasteiger charge is -2.21. The van der Waals surface area contributed by atoms with Crippen LogP contribution in [-0.2, 0) is 22.9 Å². The molecule has 1 saturated heterocycles. The van der Waals surface area contributed by atoms with Gasteiger partial charge in [0.2, 0.25) is 10.0 Å². The highest BCUT2D eigenvalue weighted by molar-refractivity contribution is 7.89. The zero-order chi connectivity index (χ0) is 21.4. The highest BCUT2D eigenvalue weighted by atomic mass is 32.2. The highest BCUT2D eigenvalue weighted by Crippen LogP contribution is 2.39. The van der Waals surface area contributed by atoms with Crippen LogP contribution in [0.2, 0.25) is 0 Å². The van der Waals surface area contributed by atoms with E-state index in [-0.39, 0.29) is 0 Å². The minimum atomic E-state index is -3.51. The van der Waals surface area contributed by atoms with E-state index in [1.807, 2.05) is 19.1 Å². The Balaban J connectivity index is 1.51. The molecule has 0 radical (unpaired) electrons. The Morgan fingerprint density at radius 1 is 1.00 bits per heavy atom. The Morgan fingerprint density at radius 2 is 1.77 bits per heavy atom. The molecule has 5 rings (SSSR count). The van der Waals surface area contributed by atoms with Crippen LogP contribution in [0.15, 0.2) is 29.4 Å². The van der Waals surface area contributed by atoms with E-state index in [4.69, 9.17) is 0 Å². The van der Waals surface area contributed by atoms with Gasteiger partial charge in [-0.2, -0.15) is 4.31 Å². The molecule has 1 fully saturated rings. The van der Waals surface area contributed by atoms with E-state index < -0.39 is 10.0 Å². The number of thiophene rings is 1. The second-order valence-electron chi connectivity index (χ2n) is 8.54. The molecule has 2 aliphatic rings. The van der Waals surface area contributed by atoms with Gasteiger partial charge in [-0.05, 0) is 68.7 Å². The molecule has 31 heavy (non-hydrogen) atoms. The standard InChI is InChI=1S/C23H28N4O2S2/c1-16-10-11-17(14-20(16)31(28,29)27-12-6-2-3-7-13-27)26-22-21-18-8-4-5-9-19(18)30-23(21)25-15-24-22/h10-11,14-15H,2-9,12-13H2,1H3,(H,24,25,26). The molecule has 6 nitrogen and oxygen atoms in total. The summed E-state index contributed by atoms with van der Waals surface area (Å²) < 4.78 is 28.5. The molecule has 8 heteroatoms. The van der Waals surface area contributed by atoms with Crippen molar-refractivity contribution in [2.45, 2.75) is 63.2 Å². The lowest BCUT2D eigenvalue weighted by Crippen LogP contribution is -2.32. The maximum Gasteiger partial charge on any atom is 0.243 e. The summed E-state index contributed by atoms with van der Waals surface area (Å²) in [6, 6.07) is 5.58. The summed E-state index contributed by atoms with van der Waals surface area (Å²) in [5, 5.41) is 4.51. The molecule has 1 aromatic carbocycles. The summed E-state index contributed by atoms with van der Waals surface area (Å²) >= 11 is 1.76. The van der Waals surface area contributed by atoms with Crippen LogP contribution in [0, 0.1) is 6.92 Å². The van der Waals surface area contributed by atoms with Crippen LogP contribution in [0.1, 0.15) is 54.5 Å². The van der Waals surface area contributed by atoms with Gasteiger partial charge in [-0.1, -0.05) is 18.9 Å². The van der Waals surface area contributed by atoms with Crippen molar-refractivity contribution in [3.05, 3.63) is 40.5 Å². The number of hydrogen-bond acceptors (Lipinski definition) is 6. The van der Waals surface area contributed by atoms with Gasteiger partial charge < -0.3 is 5.32 Å². The summed E-state index contributed by atoms with van der Waals surface area (Å²) in [5.41, 5.74) is 2.88. The maximum absolute atomic E-state index is 13.4. The van der Waals surface area contributed by atoms with Gasteiger partial charge >= 0.3 is 0 Å². The number of aryl methyl sites for hydroxylation is 3. The van der Waals surface area contributed by atoms with Crippen LogP contribution in [0.5, 0.6) is 0 Å². The monoisotopic (exact) mass is 456 g/mol. The molecule has 0 spiro atoms. The van der Waals surface area contributed by atoms with Gasteiger partial charge in [-0.25, -0.2) is 18.4 Å². The molecule has 0 bridgehead atoms. The number of anilines is 2. The average Bonchev–Trinajstić information content (AvgIpc) is 2.94. The largest absolute Gasteiger partial charge is 0.340 e. The van der Waals surface area contributed by atoms with Crippen LogP contribution in [-0.4, -0.2) is 35.8 Å². The van der Waals surface area contributed by atoms with Gasteiger partial charge in [0.25, 0.3) is 0 Å². The number of nitrogens with one attached hydrogen (secondary N) is 1. The molecule has 2 aromatic heterocycles. The first-order chi connectivity index (χ1) is 15.0. The number of aromatic nitrogens is 2. The smallest absolute Gasteiger partial charge is 0.243 e. The van der Waals surface area contributed by atoms with Crippen molar-refractivity contribution in [2.24, 2.45) is 0 Å². The zero-order valence-electron chi connectivity index (χ0n) is 17.9. The first-order valence-corrected chi connectivity index (χ1v) is 13.4. The third-order valence-electron chi connectivity index (χ3n) is 6.39. The molecule has 1 N–H and O–H groups in total. The predicted molar refractivity (Wildman–Crippen MR) is 126 cm³/mol. The van der Waals surface area contributed by atoms with Crippen LogP contribution >= 0.6 is 11.3 Å². The van der Waals surface area contributed by atoms with Crippen LogP contribution in [0.3, 0.4) is 0 Å². The van der Waals surface area contributed by atoms with E-state index in [1.165, 1.54) is 23.3 Å². The molecule has 164 valence electrons. The molecule has 0 unspecified atom stereocenters. The minimum absolute atomic E-state index is 0.386. The van der Waals surface area contributed by atoms with Crippen molar-refractivity contribution in [3.8, 4) is 0 Å². The van der Waals surface area contributed by atoms with Gasteiger partial charge in [0.15, 0.2) is 0 Å². The predicted octanol–water partition coefficient (Wildman–Crippen LogP) is 5.19. The molecule has 0 saturated carbocycles. The van der Waals surface area contributed by atoms with E-state index in [1.54, 1.807) is 28.0 Å². The van der Waals surface area contributed by atoms with Gasteiger partial charge in [0, 0.05) is 23.7 Å². The fraction of sp³-hybridized carbons (Fsp3) is 0.478. The summed E-state index contributed by atoms with van der Waals surface area (Å²) in [7, 11) is -3.51. The van der Waals surface area contributed by atoms with Gasteiger partial charge in [0.05, 0.1) is 10.3 Å². The molecular formula is C23H28N4O2S2.